The third-order valence-corrected chi connectivity index (χ3v) is 3.18. The van der Waals surface area contributed by atoms with E-state index in [9.17, 15) is 0 Å². The van der Waals surface area contributed by atoms with Gasteiger partial charge in [0, 0.05) is 25.4 Å². The number of aromatic nitrogens is 2. The quantitative estimate of drug-likeness (QED) is 0.884. The molecule has 0 amide bonds. The third kappa shape index (κ3) is 4.43. The van der Waals surface area contributed by atoms with Gasteiger partial charge in [0.25, 0.3) is 0 Å². The van der Waals surface area contributed by atoms with Crippen LogP contribution in [0.4, 0.5) is 5.82 Å². The van der Waals surface area contributed by atoms with E-state index < -0.39 is 0 Å². The van der Waals surface area contributed by atoms with Crippen LogP contribution in [0.25, 0.3) is 0 Å². The first kappa shape index (κ1) is 15.3. The standard InChI is InChI=1S/C16H22N4O/c1-12-9-15(17-2)19-16(18-12)11-20(3)10-13-5-7-14(21-4)8-6-13/h5-9H,10-11H2,1-4H3,(H,17,18,19). The van der Waals surface area contributed by atoms with Gasteiger partial charge in [0.05, 0.1) is 13.7 Å². The van der Waals surface area contributed by atoms with Gasteiger partial charge in [-0.25, -0.2) is 9.97 Å². The molecule has 0 atom stereocenters. The van der Waals surface area contributed by atoms with Crippen LogP contribution in [0.2, 0.25) is 0 Å². The molecule has 0 fully saturated rings. The number of nitrogens with zero attached hydrogens (tertiary/aromatic N) is 3. The number of ether oxygens (including phenoxy) is 1. The Labute approximate surface area is 126 Å². The van der Waals surface area contributed by atoms with E-state index in [1.54, 1.807) is 7.11 Å². The lowest BCUT2D eigenvalue weighted by molar-refractivity contribution is 0.310. The Kier molecular flexibility index (Phi) is 5.11. The van der Waals surface area contributed by atoms with Crippen molar-refractivity contribution in [2.45, 2.75) is 20.0 Å². The molecule has 112 valence electrons. The molecule has 0 aliphatic heterocycles. The van der Waals surface area contributed by atoms with Crippen LogP contribution in [-0.4, -0.2) is 36.1 Å². The number of hydrogen-bond donors (Lipinski definition) is 1. The molecule has 0 bridgehead atoms. The van der Waals surface area contributed by atoms with Crippen LogP contribution < -0.4 is 10.1 Å². The van der Waals surface area contributed by atoms with Crippen molar-refractivity contribution in [3.8, 4) is 5.75 Å². The zero-order valence-corrected chi connectivity index (χ0v) is 13.1. The maximum absolute atomic E-state index is 5.17. The molecule has 0 saturated carbocycles. The molecule has 1 aromatic carbocycles. The van der Waals surface area contributed by atoms with Crippen LogP contribution in [0, 0.1) is 6.92 Å². The van der Waals surface area contributed by atoms with E-state index in [4.69, 9.17) is 4.74 Å². The molecule has 5 heteroatoms. The summed E-state index contributed by atoms with van der Waals surface area (Å²) >= 11 is 0. The molecule has 0 unspecified atom stereocenters. The summed E-state index contributed by atoms with van der Waals surface area (Å²) in [5.41, 5.74) is 2.21. The largest absolute Gasteiger partial charge is 0.497 e. The van der Waals surface area contributed by atoms with Gasteiger partial charge in [-0.2, -0.15) is 0 Å². The van der Waals surface area contributed by atoms with Gasteiger partial charge in [0.2, 0.25) is 0 Å². The maximum Gasteiger partial charge on any atom is 0.144 e. The number of nitrogens with one attached hydrogen (secondary N) is 1. The molecule has 1 N–H and O–H groups in total. The van der Waals surface area contributed by atoms with Crippen molar-refractivity contribution in [2.24, 2.45) is 0 Å². The Hall–Kier alpha value is -2.14. The Morgan fingerprint density at radius 3 is 2.48 bits per heavy atom. The van der Waals surface area contributed by atoms with Crippen molar-refractivity contribution in [3.05, 3.63) is 47.4 Å². The van der Waals surface area contributed by atoms with Crippen LogP contribution in [0.3, 0.4) is 0 Å². The van der Waals surface area contributed by atoms with Crippen molar-refractivity contribution in [1.29, 1.82) is 0 Å². The van der Waals surface area contributed by atoms with E-state index in [1.807, 2.05) is 32.2 Å². The fraction of sp³-hybridized carbons (Fsp3) is 0.375. The molecular formula is C16H22N4O. The summed E-state index contributed by atoms with van der Waals surface area (Å²) in [7, 11) is 5.61. The van der Waals surface area contributed by atoms with Crippen LogP contribution in [0.5, 0.6) is 5.75 Å². The van der Waals surface area contributed by atoms with Crippen LogP contribution in [-0.2, 0) is 13.1 Å². The van der Waals surface area contributed by atoms with Crippen molar-refractivity contribution in [1.82, 2.24) is 14.9 Å². The van der Waals surface area contributed by atoms with E-state index in [-0.39, 0.29) is 0 Å². The van der Waals surface area contributed by atoms with Gasteiger partial charge in [0.1, 0.15) is 17.4 Å². The minimum atomic E-state index is 0.711. The van der Waals surface area contributed by atoms with Crippen molar-refractivity contribution < 1.29 is 4.74 Å². The molecule has 2 aromatic rings. The van der Waals surface area contributed by atoms with E-state index in [2.05, 4.69) is 39.4 Å². The molecule has 1 heterocycles. The van der Waals surface area contributed by atoms with Gasteiger partial charge in [0.15, 0.2) is 0 Å². The zero-order chi connectivity index (χ0) is 15.2. The first-order valence-electron chi connectivity index (χ1n) is 6.94. The predicted molar refractivity (Wildman–Crippen MR) is 84.5 cm³/mol. The molecule has 0 spiro atoms. The summed E-state index contributed by atoms with van der Waals surface area (Å²) in [6.45, 7) is 3.54. The second kappa shape index (κ2) is 7.04. The summed E-state index contributed by atoms with van der Waals surface area (Å²) in [6, 6.07) is 10.0. The van der Waals surface area contributed by atoms with Gasteiger partial charge < -0.3 is 10.1 Å². The summed E-state index contributed by atoms with van der Waals surface area (Å²) in [5.74, 6) is 2.56. The summed E-state index contributed by atoms with van der Waals surface area (Å²) in [5, 5.41) is 3.06. The lowest BCUT2D eigenvalue weighted by Crippen LogP contribution is -2.19. The van der Waals surface area contributed by atoms with E-state index in [0.29, 0.717) is 6.54 Å². The third-order valence-electron chi connectivity index (χ3n) is 3.18. The van der Waals surface area contributed by atoms with Crippen LogP contribution in [0.1, 0.15) is 17.1 Å². The number of anilines is 1. The predicted octanol–water partition coefficient (Wildman–Crippen LogP) is 2.47. The molecule has 0 radical (unpaired) electrons. The van der Waals surface area contributed by atoms with Crippen LogP contribution in [0.15, 0.2) is 30.3 Å². The first-order chi connectivity index (χ1) is 10.1. The molecule has 0 aliphatic carbocycles. The highest BCUT2D eigenvalue weighted by Crippen LogP contribution is 2.13. The summed E-state index contributed by atoms with van der Waals surface area (Å²) < 4.78 is 5.17. The minimum absolute atomic E-state index is 0.711. The Morgan fingerprint density at radius 2 is 1.86 bits per heavy atom. The van der Waals surface area contributed by atoms with Crippen molar-refractivity contribution >= 4 is 5.82 Å². The fourth-order valence-corrected chi connectivity index (χ4v) is 2.17. The molecule has 2 rings (SSSR count). The fourth-order valence-electron chi connectivity index (χ4n) is 2.17. The van der Waals surface area contributed by atoms with Gasteiger partial charge in [-0.05, 0) is 31.7 Å². The van der Waals surface area contributed by atoms with Gasteiger partial charge in [-0.1, -0.05) is 12.1 Å². The normalized spacial score (nSPS) is 10.7. The molecule has 21 heavy (non-hydrogen) atoms. The molecule has 1 aromatic heterocycles. The smallest absolute Gasteiger partial charge is 0.144 e. The molecule has 0 saturated heterocycles. The maximum atomic E-state index is 5.17. The second-order valence-corrected chi connectivity index (χ2v) is 5.08. The van der Waals surface area contributed by atoms with Crippen molar-refractivity contribution in [2.75, 3.05) is 26.5 Å². The number of hydrogen-bond acceptors (Lipinski definition) is 5. The van der Waals surface area contributed by atoms with E-state index in [1.165, 1.54) is 5.56 Å². The first-order valence-corrected chi connectivity index (χ1v) is 6.94. The molecule has 0 aliphatic rings. The second-order valence-electron chi connectivity index (χ2n) is 5.08. The Bertz CT molecular complexity index is 583. The lowest BCUT2D eigenvalue weighted by atomic mass is 10.2. The lowest BCUT2D eigenvalue weighted by Gasteiger charge is -2.16. The van der Waals surface area contributed by atoms with E-state index >= 15 is 0 Å². The number of benzene rings is 1. The van der Waals surface area contributed by atoms with Gasteiger partial charge in [-0.3, -0.25) is 4.90 Å². The van der Waals surface area contributed by atoms with Crippen LogP contribution >= 0.6 is 0 Å². The summed E-state index contributed by atoms with van der Waals surface area (Å²) in [4.78, 5) is 11.1. The Balaban J connectivity index is 2.00. The topological polar surface area (TPSA) is 50.3 Å². The van der Waals surface area contributed by atoms with Gasteiger partial charge >= 0.3 is 0 Å². The minimum Gasteiger partial charge on any atom is -0.497 e. The highest BCUT2D eigenvalue weighted by molar-refractivity contribution is 5.34. The van der Waals surface area contributed by atoms with Gasteiger partial charge in [-0.15, -0.1) is 0 Å². The number of rotatable bonds is 6. The monoisotopic (exact) mass is 286 g/mol. The van der Waals surface area contributed by atoms with E-state index in [0.717, 1.165) is 29.6 Å². The number of methoxy groups -OCH3 is 1. The highest BCUT2D eigenvalue weighted by atomic mass is 16.5. The van der Waals surface area contributed by atoms with Crippen molar-refractivity contribution in [3.63, 3.8) is 0 Å². The highest BCUT2D eigenvalue weighted by Gasteiger charge is 2.06. The SMILES string of the molecule is CNc1cc(C)nc(CN(C)Cc2ccc(OC)cc2)n1. The zero-order valence-electron chi connectivity index (χ0n) is 13.1. The average molecular weight is 286 g/mol. The molecular weight excluding hydrogens is 264 g/mol. The number of aryl methyl sites for hydroxylation is 1. The summed E-state index contributed by atoms with van der Waals surface area (Å²) in [6.07, 6.45) is 0. The molecule has 5 nitrogen and oxygen atoms in total. The Morgan fingerprint density at radius 1 is 1.14 bits per heavy atom. The average Bonchev–Trinajstić information content (AvgIpc) is 2.47.